The summed E-state index contributed by atoms with van der Waals surface area (Å²) >= 11 is 5.88. The maximum absolute atomic E-state index is 13.9. The van der Waals surface area contributed by atoms with Gasteiger partial charge in [0, 0.05) is 0 Å². The molecule has 0 spiro atoms. The summed E-state index contributed by atoms with van der Waals surface area (Å²) in [7, 11) is 0. The average Bonchev–Trinajstić information content (AvgIpc) is 3.48. The second kappa shape index (κ2) is 13.5. The first-order valence-electron chi connectivity index (χ1n) is 14.7. The van der Waals surface area contributed by atoms with Gasteiger partial charge < -0.3 is 0 Å². The Labute approximate surface area is 276 Å². The zero-order chi connectivity index (χ0) is 31.1. The fourth-order valence-electron chi connectivity index (χ4n) is 5.49. The van der Waals surface area contributed by atoms with Gasteiger partial charge in [-0.2, -0.15) is 0 Å². The van der Waals surface area contributed by atoms with E-state index in [0.717, 1.165) is 48.4 Å². The SMILES string of the molecule is Cc1nc(-c2ccc(OCc3ccccc3)cc2)sc1COC(=O)CP(Br)(c1ccccc1)(c1ccccc1)c1ccccc1. The second-order valence-corrected chi connectivity index (χ2v) is 20.8. The number of esters is 1. The van der Waals surface area contributed by atoms with Crippen LogP contribution in [0.1, 0.15) is 16.1 Å². The monoisotopic (exact) mass is 693 g/mol. The number of rotatable bonds is 11. The number of hydrogen-bond acceptors (Lipinski definition) is 5. The Kier molecular flexibility index (Phi) is 9.27. The number of aryl methyl sites for hydroxylation is 1. The number of benzene rings is 5. The van der Waals surface area contributed by atoms with Crippen molar-refractivity contribution >= 4 is 54.0 Å². The molecule has 45 heavy (non-hydrogen) atoms. The summed E-state index contributed by atoms with van der Waals surface area (Å²) < 4.78 is 12.0. The number of halogens is 1. The maximum atomic E-state index is 13.9. The van der Waals surface area contributed by atoms with Crippen molar-refractivity contribution in [2.75, 3.05) is 6.16 Å². The van der Waals surface area contributed by atoms with Crippen LogP contribution in [-0.4, -0.2) is 17.1 Å². The molecule has 5 aromatic carbocycles. The van der Waals surface area contributed by atoms with Crippen molar-refractivity contribution in [1.82, 2.24) is 4.98 Å². The summed E-state index contributed by atoms with van der Waals surface area (Å²) in [6.07, 6.45) is 0.179. The first-order chi connectivity index (χ1) is 21.9. The predicted molar refractivity (Wildman–Crippen MR) is 192 cm³/mol. The zero-order valence-electron chi connectivity index (χ0n) is 24.9. The third-order valence-electron chi connectivity index (χ3n) is 7.92. The topological polar surface area (TPSA) is 48.4 Å². The first kappa shape index (κ1) is 30.9. The number of aromatic nitrogens is 1. The molecule has 0 fully saturated rings. The van der Waals surface area contributed by atoms with Gasteiger partial charge in [-0.05, 0) is 5.56 Å². The quantitative estimate of drug-likeness (QED) is 0.101. The molecular formula is C38H33BrNO3PS. The van der Waals surface area contributed by atoms with Crippen molar-refractivity contribution in [2.24, 2.45) is 0 Å². The third kappa shape index (κ3) is 6.50. The van der Waals surface area contributed by atoms with Crippen molar-refractivity contribution < 1.29 is 14.3 Å². The van der Waals surface area contributed by atoms with Gasteiger partial charge in [0.25, 0.3) is 0 Å². The molecule has 0 bridgehead atoms. The van der Waals surface area contributed by atoms with Crippen molar-refractivity contribution in [3.8, 4) is 16.3 Å². The molecule has 0 aliphatic carbocycles. The van der Waals surface area contributed by atoms with Gasteiger partial charge in [-0.15, -0.1) is 0 Å². The van der Waals surface area contributed by atoms with E-state index in [0.29, 0.717) is 6.61 Å². The fourth-order valence-corrected chi connectivity index (χ4v) is 13.6. The van der Waals surface area contributed by atoms with Crippen LogP contribution in [0.3, 0.4) is 0 Å². The molecule has 0 aliphatic rings. The van der Waals surface area contributed by atoms with Crippen LogP contribution in [0.5, 0.6) is 5.75 Å². The molecule has 0 saturated carbocycles. The zero-order valence-corrected chi connectivity index (χ0v) is 28.2. The van der Waals surface area contributed by atoms with E-state index in [2.05, 4.69) is 51.9 Å². The number of hydrogen-bond donors (Lipinski definition) is 0. The van der Waals surface area contributed by atoms with E-state index < -0.39 is 5.31 Å². The van der Waals surface area contributed by atoms with Crippen LogP contribution in [0.15, 0.2) is 146 Å². The van der Waals surface area contributed by atoms with Crippen LogP contribution < -0.4 is 20.7 Å². The molecule has 0 atom stereocenters. The number of nitrogens with zero attached hydrogens (tertiary/aromatic N) is 1. The van der Waals surface area contributed by atoms with E-state index in [9.17, 15) is 4.79 Å². The van der Waals surface area contributed by atoms with Crippen molar-refractivity contribution in [1.29, 1.82) is 0 Å². The molecule has 7 heteroatoms. The van der Waals surface area contributed by atoms with Gasteiger partial charge in [0.15, 0.2) is 0 Å². The summed E-state index contributed by atoms with van der Waals surface area (Å²) in [4.78, 5) is 19.6. The van der Waals surface area contributed by atoms with Gasteiger partial charge in [-0.3, -0.25) is 0 Å². The first-order valence-corrected chi connectivity index (χ1v) is 20.0. The number of carbonyl (C=O) groups excluding carboxylic acids is 1. The van der Waals surface area contributed by atoms with Crippen LogP contribution in [0, 0.1) is 6.92 Å². The summed E-state index contributed by atoms with van der Waals surface area (Å²) in [5.41, 5.74) is 2.98. The van der Waals surface area contributed by atoms with E-state index in [1.165, 1.54) is 0 Å². The van der Waals surface area contributed by atoms with Crippen molar-refractivity contribution in [3.63, 3.8) is 0 Å². The number of carbonyl (C=O) groups is 1. The standard InChI is InChI=1S/C38H33BrNO3PS/c1-29-36(45-38(40-29)31-22-24-32(25-23-31)42-26-30-14-6-2-7-15-30)27-43-37(41)28-44(39,33-16-8-3-9-17-33,34-18-10-4-11-19-34)35-20-12-5-13-21-35/h2-25H,26-28H2,1H3. The molecule has 6 aromatic rings. The normalized spacial score (nSPS) is 12.2. The fraction of sp³-hybridized carbons (Fsp3) is 0.105. The summed E-state index contributed by atoms with van der Waals surface area (Å²) in [5, 5.41) is 0.676. The van der Waals surface area contributed by atoms with E-state index >= 15 is 0 Å². The van der Waals surface area contributed by atoms with Crippen LogP contribution in [-0.2, 0) is 22.7 Å². The van der Waals surface area contributed by atoms with Crippen LogP contribution >= 0.6 is 32.1 Å². The average molecular weight is 695 g/mol. The molecule has 0 aliphatic heterocycles. The summed E-state index contributed by atoms with van der Waals surface area (Å²) in [6, 6.07) is 48.9. The van der Waals surface area contributed by atoms with Crippen LogP contribution in [0.2, 0.25) is 0 Å². The van der Waals surface area contributed by atoms with Crippen molar-refractivity contribution in [3.05, 3.63) is 162 Å². The number of thiazole rings is 1. The van der Waals surface area contributed by atoms with Crippen molar-refractivity contribution in [2.45, 2.75) is 20.1 Å². The molecule has 1 aromatic heterocycles. The third-order valence-corrected chi connectivity index (χ3v) is 18.5. The molecule has 0 unspecified atom stereocenters. The second-order valence-electron chi connectivity index (χ2n) is 10.8. The molecule has 4 nitrogen and oxygen atoms in total. The van der Waals surface area contributed by atoms with Gasteiger partial charge in [0.05, 0.1) is 0 Å². The van der Waals surface area contributed by atoms with Crippen LogP contribution in [0.25, 0.3) is 10.6 Å². The van der Waals surface area contributed by atoms with Crippen LogP contribution in [0.4, 0.5) is 0 Å². The molecule has 0 saturated heterocycles. The molecule has 0 N–H and O–H groups in total. The minimum atomic E-state index is -3.43. The van der Waals surface area contributed by atoms with E-state index in [4.69, 9.17) is 14.5 Å². The Morgan fingerprint density at radius 1 is 0.689 bits per heavy atom. The Hall–Kier alpha value is -4.09. The van der Waals surface area contributed by atoms with E-state index in [1.807, 2.05) is 116 Å². The molecule has 0 radical (unpaired) electrons. The Balaban J connectivity index is 1.21. The van der Waals surface area contributed by atoms with E-state index in [-0.39, 0.29) is 18.7 Å². The van der Waals surface area contributed by atoms with E-state index in [1.54, 1.807) is 11.3 Å². The van der Waals surface area contributed by atoms with Gasteiger partial charge in [-0.25, -0.2) is 0 Å². The summed E-state index contributed by atoms with van der Waals surface area (Å²) in [5.74, 6) is 0.534. The molecule has 6 rings (SSSR count). The Bertz CT molecular complexity index is 1770. The molecule has 1 heterocycles. The molecular weight excluding hydrogens is 661 g/mol. The molecule has 226 valence electrons. The van der Waals surface area contributed by atoms with Gasteiger partial charge >= 0.3 is 235 Å². The number of ether oxygens (including phenoxy) is 2. The molecule has 0 amide bonds. The summed E-state index contributed by atoms with van der Waals surface area (Å²) in [6.45, 7) is 2.64. The van der Waals surface area contributed by atoms with Gasteiger partial charge in [-0.1, -0.05) is 30.3 Å². The predicted octanol–water partition coefficient (Wildman–Crippen LogP) is 8.58. The van der Waals surface area contributed by atoms with Gasteiger partial charge in [0.1, 0.15) is 6.61 Å². The minimum absolute atomic E-state index is 0.165. The van der Waals surface area contributed by atoms with Gasteiger partial charge in [0.2, 0.25) is 0 Å². The Morgan fingerprint density at radius 3 is 1.69 bits per heavy atom. The Morgan fingerprint density at radius 2 is 1.18 bits per heavy atom.